The van der Waals surface area contributed by atoms with Gasteiger partial charge in [0.15, 0.2) is 6.10 Å². The summed E-state index contributed by atoms with van der Waals surface area (Å²) in [7, 11) is 1.40. The Kier molecular flexibility index (Phi) is 5.01. The zero-order valence-corrected chi connectivity index (χ0v) is 13.8. The Morgan fingerprint density at radius 1 is 1.43 bits per heavy atom. The molecule has 1 saturated carbocycles. The molecule has 0 amide bonds. The fourth-order valence-electron chi connectivity index (χ4n) is 2.85. The molecule has 0 saturated heterocycles. The number of fused-ring (bicyclic) bond motifs is 1. The van der Waals surface area contributed by atoms with E-state index in [-0.39, 0.29) is 12.1 Å². The molecule has 4 nitrogen and oxygen atoms in total. The lowest BCUT2D eigenvalue weighted by molar-refractivity contribution is -0.151. The van der Waals surface area contributed by atoms with Gasteiger partial charge in [0.1, 0.15) is 5.75 Å². The minimum atomic E-state index is -0.616. The molecule has 2 aliphatic rings. The lowest BCUT2D eigenvalue weighted by Gasteiger charge is -2.19. The summed E-state index contributed by atoms with van der Waals surface area (Å²) in [6.45, 7) is 2.88. The average molecular weight is 316 g/mol. The van der Waals surface area contributed by atoms with Crippen LogP contribution in [0.3, 0.4) is 0 Å². The summed E-state index contributed by atoms with van der Waals surface area (Å²) in [4.78, 5) is 12.0. The molecule has 23 heavy (non-hydrogen) atoms. The molecule has 0 bridgehead atoms. The first-order valence-corrected chi connectivity index (χ1v) is 8.41. The average Bonchev–Trinajstić information content (AvgIpc) is 3.41. The van der Waals surface area contributed by atoms with Crippen LogP contribution in [0.5, 0.6) is 5.75 Å². The van der Waals surface area contributed by atoms with Crippen LogP contribution in [0.15, 0.2) is 24.3 Å². The van der Waals surface area contributed by atoms with Gasteiger partial charge in [-0.3, -0.25) is 0 Å². The van der Waals surface area contributed by atoms with Gasteiger partial charge in [-0.05, 0) is 67.0 Å². The summed E-state index contributed by atoms with van der Waals surface area (Å²) in [5.41, 5.74) is 3.48. The van der Waals surface area contributed by atoms with Crippen molar-refractivity contribution in [3.63, 3.8) is 0 Å². The van der Waals surface area contributed by atoms with Gasteiger partial charge in [0.25, 0.3) is 0 Å². The molecule has 0 N–H and O–H groups in total. The van der Waals surface area contributed by atoms with Crippen LogP contribution < -0.4 is 4.74 Å². The minimum Gasteiger partial charge on any atom is -0.493 e. The highest BCUT2D eigenvalue weighted by atomic mass is 16.6. The largest absolute Gasteiger partial charge is 0.493 e. The fraction of sp³-hybridized carbons (Fsp3) is 0.526. The third-order valence-corrected chi connectivity index (χ3v) is 4.31. The first-order chi connectivity index (χ1) is 11.2. The Labute approximate surface area is 137 Å². The number of ether oxygens (including phenoxy) is 3. The summed E-state index contributed by atoms with van der Waals surface area (Å²) in [6.07, 6.45) is 6.48. The third kappa shape index (κ3) is 3.94. The van der Waals surface area contributed by atoms with Crippen molar-refractivity contribution in [2.24, 2.45) is 0 Å². The van der Waals surface area contributed by atoms with Crippen LogP contribution in [0, 0.1) is 0 Å². The number of hydrogen-bond donors (Lipinski definition) is 0. The molecule has 1 aliphatic carbocycles. The van der Waals surface area contributed by atoms with Gasteiger partial charge >= 0.3 is 5.97 Å². The number of methoxy groups -OCH3 is 1. The predicted octanol–water partition coefficient (Wildman–Crippen LogP) is 3.53. The van der Waals surface area contributed by atoms with Crippen LogP contribution in [-0.2, 0) is 20.7 Å². The molecule has 4 heteroatoms. The van der Waals surface area contributed by atoms with Crippen molar-refractivity contribution in [1.82, 2.24) is 0 Å². The maximum atomic E-state index is 12.0. The Bertz CT molecular complexity index is 601. The smallest absolute Gasteiger partial charge is 0.339 e. The molecule has 1 aromatic rings. The predicted molar refractivity (Wildman–Crippen MR) is 88.4 cm³/mol. The molecule has 1 heterocycles. The van der Waals surface area contributed by atoms with E-state index in [1.165, 1.54) is 12.7 Å². The first kappa shape index (κ1) is 16.1. The quantitative estimate of drug-likeness (QED) is 0.753. The van der Waals surface area contributed by atoms with Crippen molar-refractivity contribution in [3.05, 3.63) is 35.4 Å². The molecule has 124 valence electrons. The Balaban J connectivity index is 1.85. The maximum Gasteiger partial charge on any atom is 0.339 e. The third-order valence-electron chi connectivity index (χ3n) is 4.31. The standard InChI is InChI=1S/C19H24O4/c1-3-13(12-18(19(20)21-2)23-16-7-8-16)14-6-9-17-15(11-14)5-4-10-22-17/h6,9,11-12,16,18H,3-5,7-8,10H2,1-2H3/b13-12-. The zero-order valence-electron chi connectivity index (χ0n) is 13.8. The topological polar surface area (TPSA) is 44.8 Å². The Morgan fingerprint density at radius 2 is 2.26 bits per heavy atom. The lowest BCUT2D eigenvalue weighted by atomic mass is 9.96. The lowest BCUT2D eigenvalue weighted by Crippen LogP contribution is -2.24. The van der Waals surface area contributed by atoms with Crippen molar-refractivity contribution in [2.45, 2.75) is 51.2 Å². The Morgan fingerprint density at radius 3 is 2.96 bits per heavy atom. The van der Waals surface area contributed by atoms with Crippen molar-refractivity contribution in [3.8, 4) is 5.75 Å². The van der Waals surface area contributed by atoms with Gasteiger partial charge in [-0.25, -0.2) is 4.79 Å². The first-order valence-electron chi connectivity index (χ1n) is 8.41. The maximum absolute atomic E-state index is 12.0. The van der Waals surface area contributed by atoms with Crippen LogP contribution in [-0.4, -0.2) is 31.9 Å². The van der Waals surface area contributed by atoms with Crippen LogP contribution in [0.1, 0.15) is 43.7 Å². The van der Waals surface area contributed by atoms with Crippen molar-refractivity contribution < 1.29 is 19.0 Å². The molecule has 0 radical (unpaired) electrons. The van der Waals surface area contributed by atoms with E-state index < -0.39 is 6.10 Å². The van der Waals surface area contributed by atoms with Crippen molar-refractivity contribution in [2.75, 3.05) is 13.7 Å². The number of esters is 1. The summed E-state index contributed by atoms with van der Waals surface area (Å²) in [6, 6.07) is 6.27. The molecule has 1 atom stereocenters. The number of carbonyl (C=O) groups is 1. The van der Waals surface area contributed by atoms with Gasteiger partial charge in [-0.15, -0.1) is 0 Å². The second-order valence-corrected chi connectivity index (χ2v) is 6.10. The van der Waals surface area contributed by atoms with E-state index in [2.05, 4.69) is 19.1 Å². The van der Waals surface area contributed by atoms with E-state index in [1.807, 2.05) is 12.1 Å². The fourth-order valence-corrected chi connectivity index (χ4v) is 2.85. The van der Waals surface area contributed by atoms with E-state index in [9.17, 15) is 4.79 Å². The minimum absolute atomic E-state index is 0.199. The molecule has 0 spiro atoms. The number of hydrogen-bond acceptors (Lipinski definition) is 4. The normalized spacial score (nSPS) is 18.8. The molecule has 1 aliphatic heterocycles. The number of allylic oxidation sites excluding steroid dienone is 1. The van der Waals surface area contributed by atoms with E-state index in [0.29, 0.717) is 0 Å². The highest BCUT2D eigenvalue weighted by molar-refractivity contribution is 5.80. The van der Waals surface area contributed by atoms with Gasteiger partial charge in [0, 0.05) is 0 Å². The molecule has 1 unspecified atom stereocenters. The monoisotopic (exact) mass is 316 g/mol. The van der Waals surface area contributed by atoms with Crippen molar-refractivity contribution in [1.29, 1.82) is 0 Å². The van der Waals surface area contributed by atoms with Gasteiger partial charge in [-0.1, -0.05) is 13.0 Å². The van der Waals surface area contributed by atoms with Gasteiger partial charge < -0.3 is 14.2 Å². The van der Waals surface area contributed by atoms with Crippen LogP contribution in [0.25, 0.3) is 5.57 Å². The van der Waals surface area contributed by atoms with Crippen molar-refractivity contribution >= 4 is 11.5 Å². The van der Waals surface area contributed by atoms with Gasteiger partial charge in [-0.2, -0.15) is 0 Å². The number of rotatable bonds is 6. The summed E-state index contributed by atoms with van der Waals surface area (Å²) < 4.78 is 16.4. The molecule has 1 aromatic carbocycles. The molecule has 3 rings (SSSR count). The van der Waals surface area contributed by atoms with E-state index >= 15 is 0 Å². The van der Waals surface area contributed by atoms with E-state index in [4.69, 9.17) is 14.2 Å². The van der Waals surface area contributed by atoms with Crippen LogP contribution >= 0.6 is 0 Å². The number of benzene rings is 1. The molecular formula is C19H24O4. The summed E-state index contributed by atoms with van der Waals surface area (Å²) >= 11 is 0. The SMILES string of the molecule is CC/C(=C/C(OC1CC1)C(=O)OC)c1ccc2c(c1)CCCO2. The Hall–Kier alpha value is -1.81. The molecule has 0 aromatic heterocycles. The number of aryl methyl sites for hydroxylation is 1. The molecule has 1 fully saturated rings. The van der Waals surface area contributed by atoms with E-state index in [1.54, 1.807) is 0 Å². The zero-order chi connectivity index (χ0) is 16.2. The van der Waals surface area contributed by atoms with E-state index in [0.717, 1.165) is 55.6 Å². The van der Waals surface area contributed by atoms with Crippen LogP contribution in [0.4, 0.5) is 0 Å². The van der Waals surface area contributed by atoms with Gasteiger partial charge in [0.2, 0.25) is 0 Å². The summed E-state index contributed by atoms with van der Waals surface area (Å²) in [5.74, 6) is 0.651. The second kappa shape index (κ2) is 7.18. The highest BCUT2D eigenvalue weighted by Crippen LogP contribution is 2.31. The van der Waals surface area contributed by atoms with Gasteiger partial charge in [0.05, 0.1) is 19.8 Å². The second-order valence-electron chi connectivity index (χ2n) is 6.10. The molecular weight excluding hydrogens is 292 g/mol. The number of carbonyl (C=O) groups excluding carboxylic acids is 1. The highest BCUT2D eigenvalue weighted by Gasteiger charge is 2.29. The summed E-state index contributed by atoms with van der Waals surface area (Å²) in [5, 5.41) is 0. The van der Waals surface area contributed by atoms with Crippen LogP contribution in [0.2, 0.25) is 0 Å².